The van der Waals surface area contributed by atoms with Crippen LogP contribution in [0, 0.1) is 0 Å². The molecule has 0 saturated carbocycles. The topological polar surface area (TPSA) is 91.6 Å². The zero-order valence-corrected chi connectivity index (χ0v) is 8.90. The molecule has 6 nitrogen and oxygen atoms in total. The van der Waals surface area contributed by atoms with E-state index in [1.54, 1.807) is 19.1 Å². The number of carbonyl (C=O) groups excluding carboxylic acids is 1. The van der Waals surface area contributed by atoms with Gasteiger partial charge in [-0.25, -0.2) is 0 Å². The Morgan fingerprint density at radius 1 is 1.50 bits per heavy atom. The molecule has 0 bridgehead atoms. The standard InChI is InChI=1S/C10H14N2O4/c1-7(8-3-2-4-16-8)12-9(13)5-11-6-10(14)15/h2-4,7,11H,5-6H2,1H3,(H,12,13)(H,14,15). The summed E-state index contributed by atoms with van der Waals surface area (Å²) in [6, 6.07) is 3.27. The molecule has 1 rings (SSSR count). The molecule has 88 valence electrons. The smallest absolute Gasteiger partial charge is 0.317 e. The molecular weight excluding hydrogens is 212 g/mol. The SMILES string of the molecule is CC(NC(=O)CNCC(=O)O)c1ccco1. The third kappa shape index (κ3) is 4.14. The maximum Gasteiger partial charge on any atom is 0.317 e. The highest BCUT2D eigenvalue weighted by Crippen LogP contribution is 2.11. The van der Waals surface area contributed by atoms with E-state index in [0.29, 0.717) is 5.76 Å². The predicted octanol–water partition coefficient (Wildman–Crippen LogP) is 0.131. The molecule has 1 aromatic rings. The fourth-order valence-electron chi connectivity index (χ4n) is 1.18. The van der Waals surface area contributed by atoms with Crippen LogP contribution in [0.4, 0.5) is 0 Å². The quantitative estimate of drug-likeness (QED) is 0.641. The van der Waals surface area contributed by atoms with Gasteiger partial charge in [0.1, 0.15) is 5.76 Å². The lowest BCUT2D eigenvalue weighted by Gasteiger charge is -2.11. The first kappa shape index (κ1) is 12.3. The third-order valence-corrected chi connectivity index (χ3v) is 1.91. The van der Waals surface area contributed by atoms with E-state index in [9.17, 15) is 9.59 Å². The largest absolute Gasteiger partial charge is 0.480 e. The van der Waals surface area contributed by atoms with E-state index in [2.05, 4.69) is 10.6 Å². The second kappa shape index (κ2) is 5.92. The van der Waals surface area contributed by atoms with Gasteiger partial charge >= 0.3 is 5.97 Å². The van der Waals surface area contributed by atoms with E-state index < -0.39 is 5.97 Å². The van der Waals surface area contributed by atoms with Crippen LogP contribution in [0.1, 0.15) is 18.7 Å². The molecule has 0 aromatic carbocycles. The van der Waals surface area contributed by atoms with Gasteiger partial charge in [-0.3, -0.25) is 14.9 Å². The molecule has 0 fully saturated rings. The number of amides is 1. The van der Waals surface area contributed by atoms with Crippen LogP contribution in [0.25, 0.3) is 0 Å². The normalized spacial score (nSPS) is 12.1. The Morgan fingerprint density at radius 2 is 2.25 bits per heavy atom. The van der Waals surface area contributed by atoms with Gasteiger partial charge in [0.05, 0.1) is 25.4 Å². The summed E-state index contributed by atoms with van der Waals surface area (Å²) in [7, 11) is 0. The monoisotopic (exact) mass is 226 g/mol. The van der Waals surface area contributed by atoms with Crippen LogP contribution in [-0.2, 0) is 9.59 Å². The number of carboxylic acids is 1. The van der Waals surface area contributed by atoms with Crippen molar-refractivity contribution in [3.63, 3.8) is 0 Å². The second-order valence-corrected chi connectivity index (χ2v) is 3.30. The number of aliphatic carboxylic acids is 1. The summed E-state index contributed by atoms with van der Waals surface area (Å²) in [6.07, 6.45) is 1.53. The van der Waals surface area contributed by atoms with E-state index >= 15 is 0 Å². The number of carboxylic acid groups (broad SMARTS) is 1. The van der Waals surface area contributed by atoms with Crippen molar-refractivity contribution in [1.29, 1.82) is 0 Å². The minimum absolute atomic E-state index is 0.0304. The maximum atomic E-state index is 11.3. The highest BCUT2D eigenvalue weighted by Gasteiger charge is 2.11. The van der Waals surface area contributed by atoms with Gasteiger partial charge in [0, 0.05) is 0 Å². The van der Waals surface area contributed by atoms with Gasteiger partial charge in [-0.15, -0.1) is 0 Å². The molecule has 1 aromatic heterocycles. The van der Waals surface area contributed by atoms with Crippen molar-refractivity contribution in [2.45, 2.75) is 13.0 Å². The molecule has 3 N–H and O–H groups in total. The van der Waals surface area contributed by atoms with Crippen molar-refractivity contribution in [2.75, 3.05) is 13.1 Å². The molecule has 16 heavy (non-hydrogen) atoms. The molecule has 6 heteroatoms. The van der Waals surface area contributed by atoms with Crippen molar-refractivity contribution in [2.24, 2.45) is 0 Å². The Balaban J connectivity index is 2.26. The first-order valence-electron chi connectivity index (χ1n) is 4.85. The van der Waals surface area contributed by atoms with Crippen LogP contribution in [0.5, 0.6) is 0 Å². The van der Waals surface area contributed by atoms with E-state index in [-0.39, 0.29) is 25.0 Å². The summed E-state index contributed by atoms with van der Waals surface area (Å²) in [5.41, 5.74) is 0. The molecule has 1 heterocycles. The zero-order valence-electron chi connectivity index (χ0n) is 8.90. The van der Waals surface area contributed by atoms with Gasteiger partial charge in [0.25, 0.3) is 0 Å². The molecular formula is C10H14N2O4. The molecule has 1 amide bonds. The van der Waals surface area contributed by atoms with Crippen molar-refractivity contribution >= 4 is 11.9 Å². The van der Waals surface area contributed by atoms with Crippen LogP contribution in [0.2, 0.25) is 0 Å². The van der Waals surface area contributed by atoms with E-state index in [0.717, 1.165) is 0 Å². The minimum Gasteiger partial charge on any atom is -0.480 e. The Morgan fingerprint density at radius 3 is 2.81 bits per heavy atom. The van der Waals surface area contributed by atoms with E-state index in [1.165, 1.54) is 6.26 Å². The first-order valence-corrected chi connectivity index (χ1v) is 4.85. The van der Waals surface area contributed by atoms with Gasteiger partial charge in [0.2, 0.25) is 5.91 Å². The predicted molar refractivity (Wildman–Crippen MR) is 55.8 cm³/mol. The maximum absolute atomic E-state index is 11.3. The number of rotatable bonds is 6. The van der Waals surface area contributed by atoms with Crippen LogP contribution >= 0.6 is 0 Å². The van der Waals surface area contributed by atoms with Crippen molar-refractivity contribution in [1.82, 2.24) is 10.6 Å². The summed E-state index contributed by atoms with van der Waals surface area (Å²) < 4.78 is 5.11. The van der Waals surface area contributed by atoms with Gasteiger partial charge in [-0.2, -0.15) is 0 Å². The van der Waals surface area contributed by atoms with Crippen molar-refractivity contribution < 1.29 is 19.1 Å². The summed E-state index contributed by atoms with van der Waals surface area (Å²) >= 11 is 0. The lowest BCUT2D eigenvalue weighted by Crippen LogP contribution is -2.37. The van der Waals surface area contributed by atoms with E-state index in [1.807, 2.05) is 0 Å². The lowest BCUT2D eigenvalue weighted by atomic mass is 10.2. The van der Waals surface area contributed by atoms with Gasteiger partial charge in [-0.05, 0) is 19.1 Å². The fraction of sp³-hybridized carbons (Fsp3) is 0.400. The highest BCUT2D eigenvalue weighted by atomic mass is 16.4. The summed E-state index contributed by atoms with van der Waals surface area (Å²) in [5.74, 6) is -0.608. The van der Waals surface area contributed by atoms with Gasteiger partial charge in [0.15, 0.2) is 0 Å². The average Bonchev–Trinajstić information content (AvgIpc) is 2.69. The Hall–Kier alpha value is -1.82. The average molecular weight is 226 g/mol. The van der Waals surface area contributed by atoms with Crippen LogP contribution in [0.3, 0.4) is 0 Å². The molecule has 1 unspecified atom stereocenters. The van der Waals surface area contributed by atoms with Crippen molar-refractivity contribution in [3.8, 4) is 0 Å². The molecule has 0 aliphatic rings. The van der Waals surface area contributed by atoms with Crippen LogP contribution < -0.4 is 10.6 Å². The number of hydrogen-bond acceptors (Lipinski definition) is 4. The number of carbonyl (C=O) groups is 2. The lowest BCUT2D eigenvalue weighted by molar-refractivity contribution is -0.136. The molecule has 0 aliphatic heterocycles. The molecule has 0 spiro atoms. The highest BCUT2D eigenvalue weighted by molar-refractivity contribution is 5.79. The molecule has 0 aliphatic carbocycles. The summed E-state index contributed by atoms with van der Waals surface area (Å²) in [6.45, 7) is 1.52. The number of furan rings is 1. The minimum atomic E-state index is -0.994. The number of nitrogens with one attached hydrogen (secondary N) is 2. The van der Waals surface area contributed by atoms with Crippen LogP contribution in [0.15, 0.2) is 22.8 Å². The molecule has 1 atom stereocenters. The Kier molecular flexibility index (Phi) is 4.53. The van der Waals surface area contributed by atoms with Crippen LogP contribution in [-0.4, -0.2) is 30.1 Å². The van der Waals surface area contributed by atoms with E-state index in [4.69, 9.17) is 9.52 Å². The Labute approximate surface area is 92.6 Å². The summed E-state index contributed by atoms with van der Waals surface area (Å²) in [5, 5.41) is 13.5. The Bertz CT molecular complexity index is 348. The van der Waals surface area contributed by atoms with Crippen molar-refractivity contribution in [3.05, 3.63) is 24.2 Å². The summed E-state index contributed by atoms with van der Waals surface area (Å²) in [4.78, 5) is 21.5. The third-order valence-electron chi connectivity index (χ3n) is 1.91. The van der Waals surface area contributed by atoms with Gasteiger partial charge < -0.3 is 14.8 Å². The zero-order chi connectivity index (χ0) is 12.0. The molecule has 0 saturated heterocycles. The van der Waals surface area contributed by atoms with Gasteiger partial charge in [-0.1, -0.05) is 0 Å². The fourth-order valence-corrected chi connectivity index (χ4v) is 1.18. The second-order valence-electron chi connectivity index (χ2n) is 3.30. The first-order chi connectivity index (χ1) is 7.59. The number of hydrogen-bond donors (Lipinski definition) is 3. The molecule has 0 radical (unpaired) electrons.